The van der Waals surface area contributed by atoms with Gasteiger partial charge in [-0.2, -0.15) is 0 Å². The van der Waals surface area contributed by atoms with E-state index in [-0.39, 0.29) is 38.9 Å². The molecule has 0 amide bonds. The van der Waals surface area contributed by atoms with Crippen molar-refractivity contribution >= 4 is 41.8 Å². The summed E-state index contributed by atoms with van der Waals surface area (Å²) < 4.78 is 61.7. The van der Waals surface area contributed by atoms with Crippen LogP contribution in [0, 0.1) is 0 Å². The van der Waals surface area contributed by atoms with Crippen molar-refractivity contribution in [3.8, 4) is 0 Å². The van der Waals surface area contributed by atoms with Crippen molar-refractivity contribution in [2.75, 3.05) is 13.2 Å². The third-order valence-corrected chi connectivity index (χ3v) is 12.5. The summed E-state index contributed by atoms with van der Waals surface area (Å²) in [5.41, 5.74) is 0.342. The van der Waals surface area contributed by atoms with Crippen LogP contribution in [-0.2, 0) is 47.4 Å². The standard InChI is InChI=1S/C61H50O18/c62-53(38-22-8-1-9-23-38)70-36-45-47(74-55(64)40-26-12-3-13-27-40)49(76-57(66)42-30-16-5-17-31-42)51(60(69)72-45)79-61-52(78-59(68)44-34-20-7-21-35-44)50(77-58(67)43-32-18-6-19-33-43)48(75-56(65)41-28-14-4-15-29-41)46(73-61)37-71-54(63)39-24-10-2-11-25-39/h1-35,45-52,60-61,69H,36-37H2/t45-,46-,47-,48-,49+,50+,51-,52-,60+,61+/m1/s1. The number of esters is 7. The zero-order valence-corrected chi connectivity index (χ0v) is 41.8. The minimum atomic E-state index is -2.21. The van der Waals surface area contributed by atoms with Gasteiger partial charge in [0, 0.05) is 0 Å². The van der Waals surface area contributed by atoms with E-state index in [1.54, 1.807) is 127 Å². The third kappa shape index (κ3) is 13.8. The molecule has 0 spiro atoms. The van der Waals surface area contributed by atoms with Gasteiger partial charge in [0.15, 0.2) is 49.2 Å². The molecule has 2 heterocycles. The van der Waals surface area contributed by atoms with Crippen LogP contribution in [0.15, 0.2) is 212 Å². The Bertz CT molecular complexity index is 3170. The maximum Gasteiger partial charge on any atom is 0.338 e. The predicted molar refractivity (Wildman–Crippen MR) is 276 cm³/mol. The lowest BCUT2D eigenvalue weighted by atomic mass is 9.96. The Morgan fingerprint density at radius 3 is 0.848 bits per heavy atom. The summed E-state index contributed by atoms with van der Waals surface area (Å²) in [6.07, 6.45) is -19.0. The maximum atomic E-state index is 14.4. The summed E-state index contributed by atoms with van der Waals surface area (Å²) in [5, 5.41) is 12.2. The Morgan fingerprint density at radius 1 is 0.304 bits per heavy atom. The van der Waals surface area contributed by atoms with Crippen molar-refractivity contribution < 1.29 is 86.0 Å². The molecule has 0 saturated carbocycles. The zero-order valence-electron chi connectivity index (χ0n) is 41.8. The normalized spacial score (nSPS) is 22.4. The van der Waals surface area contributed by atoms with Crippen molar-refractivity contribution in [3.63, 3.8) is 0 Å². The van der Waals surface area contributed by atoms with Gasteiger partial charge in [-0.1, -0.05) is 127 Å². The molecule has 10 atom stereocenters. The first-order chi connectivity index (χ1) is 38.5. The summed E-state index contributed by atoms with van der Waals surface area (Å²) in [5.74, 6) is -6.66. The van der Waals surface area contributed by atoms with E-state index >= 15 is 0 Å². The van der Waals surface area contributed by atoms with E-state index < -0.39 is 116 Å². The predicted octanol–water partition coefficient (Wildman–Crippen LogP) is 7.66. The molecule has 9 rings (SSSR count). The quantitative estimate of drug-likeness (QED) is 0.0642. The molecule has 2 saturated heterocycles. The molecule has 0 aliphatic carbocycles. The van der Waals surface area contributed by atoms with E-state index in [0.29, 0.717) is 0 Å². The van der Waals surface area contributed by atoms with Gasteiger partial charge >= 0.3 is 41.8 Å². The zero-order chi connectivity index (χ0) is 55.1. The highest BCUT2D eigenvalue weighted by molar-refractivity contribution is 5.93. The molecule has 2 fully saturated rings. The molecule has 7 aromatic carbocycles. The first-order valence-corrected chi connectivity index (χ1v) is 24.9. The molecule has 79 heavy (non-hydrogen) atoms. The van der Waals surface area contributed by atoms with Crippen LogP contribution < -0.4 is 0 Å². The molecule has 1 N–H and O–H groups in total. The van der Waals surface area contributed by atoms with Crippen LogP contribution in [0.25, 0.3) is 0 Å². The topological polar surface area (TPSA) is 232 Å². The number of carbonyl (C=O) groups is 7. The van der Waals surface area contributed by atoms with Crippen molar-refractivity contribution in [3.05, 3.63) is 251 Å². The maximum absolute atomic E-state index is 14.4. The van der Waals surface area contributed by atoms with Crippen molar-refractivity contribution in [1.82, 2.24) is 0 Å². The lowest BCUT2D eigenvalue weighted by molar-refractivity contribution is -0.358. The van der Waals surface area contributed by atoms with Crippen LogP contribution in [0.1, 0.15) is 72.5 Å². The van der Waals surface area contributed by atoms with E-state index in [4.69, 9.17) is 47.4 Å². The number of aliphatic hydroxyl groups is 1. The Morgan fingerprint density at radius 2 is 0.544 bits per heavy atom. The monoisotopic (exact) mass is 1070 g/mol. The molecular formula is C61H50O18. The molecule has 0 radical (unpaired) electrons. The van der Waals surface area contributed by atoms with Gasteiger partial charge in [-0.15, -0.1) is 0 Å². The Labute approximate surface area is 452 Å². The highest BCUT2D eigenvalue weighted by Gasteiger charge is 2.58. The van der Waals surface area contributed by atoms with Crippen molar-refractivity contribution in [2.45, 2.75) is 61.4 Å². The fraction of sp³-hybridized carbons (Fsp3) is 0.197. The highest BCUT2D eigenvalue weighted by Crippen LogP contribution is 2.36. The van der Waals surface area contributed by atoms with Crippen LogP contribution in [0.3, 0.4) is 0 Å². The van der Waals surface area contributed by atoms with Crippen molar-refractivity contribution in [2.24, 2.45) is 0 Å². The Kier molecular flexibility index (Phi) is 18.0. The average Bonchev–Trinajstić information content (AvgIpc) is 3.64. The summed E-state index contributed by atoms with van der Waals surface area (Å²) in [6, 6.07) is 54.2. The largest absolute Gasteiger partial charge is 0.459 e. The van der Waals surface area contributed by atoms with Gasteiger partial charge < -0.3 is 52.5 Å². The Hall–Kier alpha value is -9.33. The molecule has 402 valence electrons. The fourth-order valence-corrected chi connectivity index (χ4v) is 8.59. The lowest BCUT2D eigenvalue weighted by Crippen LogP contribution is -2.67. The number of benzene rings is 7. The second-order valence-electron chi connectivity index (χ2n) is 17.8. The summed E-state index contributed by atoms with van der Waals surface area (Å²) in [4.78, 5) is 98.3. The van der Waals surface area contributed by atoms with Gasteiger partial charge in [0.05, 0.1) is 38.9 Å². The van der Waals surface area contributed by atoms with Crippen LogP contribution in [-0.4, -0.2) is 122 Å². The summed E-state index contributed by atoms with van der Waals surface area (Å²) in [7, 11) is 0. The van der Waals surface area contributed by atoms with E-state index in [9.17, 15) is 38.7 Å². The molecule has 2 aliphatic heterocycles. The number of hydrogen-bond donors (Lipinski definition) is 1. The molecule has 18 nitrogen and oxygen atoms in total. The van der Waals surface area contributed by atoms with E-state index in [0.717, 1.165) is 0 Å². The molecule has 18 heteroatoms. The van der Waals surface area contributed by atoms with Crippen LogP contribution in [0.4, 0.5) is 0 Å². The lowest BCUT2D eigenvalue weighted by Gasteiger charge is -2.48. The number of carbonyl (C=O) groups excluding carboxylic acids is 7. The minimum absolute atomic E-state index is 0.00210. The second-order valence-corrected chi connectivity index (χ2v) is 17.8. The second kappa shape index (κ2) is 26.1. The number of ether oxygens (including phenoxy) is 10. The fourth-order valence-electron chi connectivity index (χ4n) is 8.59. The molecule has 7 aromatic rings. The SMILES string of the molecule is O=C(OC[C@H]1O[C@H](O)[C@H](O[C@@H]2O[C@H](COC(=O)c3ccccc3)[C@@H](OC(=O)c3ccccc3)[C@H](OC(=O)c3ccccc3)[C@H]2OC(=O)c2ccccc2)[C@@H](OC(=O)c2ccccc2)[C@@H]1OC(=O)c1ccccc1)c1ccccc1. The first-order valence-electron chi connectivity index (χ1n) is 24.9. The smallest absolute Gasteiger partial charge is 0.338 e. The van der Waals surface area contributed by atoms with Gasteiger partial charge in [-0.3, -0.25) is 0 Å². The van der Waals surface area contributed by atoms with Gasteiger partial charge in [0.1, 0.15) is 25.4 Å². The molecular weight excluding hydrogens is 1020 g/mol. The minimum Gasteiger partial charge on any atom is -0.459 e. The van der Waals surface area contributed by atoms with E-state index in [1.807, 2.05) is 0 Å². The van der Waals surface area contributed by atoms with Gasteiger partial charge in [0.25, 0.3) is 0 Å². The average molecular weight is 1070 g/mol. The Balaban J connectivity index is 1.16. The molecule has 0 aromatic heterocycles. The van der Waals surface area contributed by atoms with Crippen LogP contribution in [0.2, 0.25) is 0 Å². The summed E-state index contributed by atoms with van der Waals surface area (Å²) >= 11 is 0. The third-order valence-electron chi connectivity index (χ3n) is 12.5. The first kappa shape index (κ1) is 54.5. The molecule has 2 aliphatic rings. The summed E-state index contributed by atoms with van der Waals surface area (Å²) in [6.45, 7) is -1.44. The number of hydrogen-bond acceptors (Lipinski definition) is 18. The highest BCUT2D eigenvalue weighted by atomic mass is 16.8. The number of rotatable bonds is 18. The van der Waals surface area contributed by atoms with Crippen molar-refractivity contribution in [1.29, 1.82) is 0 Å². The molecule has 0 bridgehead atoms. The van der Waals surface area contributed by atoms with E-state index in [1.165, 1.54) is 84.9 Å². The van der Waals surface area contributed by atoms with E-state index in [2.05, 4.69) is 0 Å². The number of aliphatic hydroxyl groups excluding tert-OH is 1. The van der Waals surface area contributed by atoms with Gasteiger partial charge in [-0.25, -0.2) is 33.6 Å². The van der Waals surface area contributed by atoms with Crippen LogP contribution >= 0.6 is 0 Å². The van der Waals surface area contributed by atoms with Gasteiger partial charge in [0.2, 0.25) is 0 Å². The van der Waals surface area contributed by atoms with Gasteiger partial charge in [-0.05, 0) is 84.9 Å². The van der Waals surface area contributed by atoms with Crippen LogP contribution in [0.5, 0.6) is 0 Å². The molecule has 0 unspecified atom stereocenters.